The fourth-order valence-corrected chi connectivity index (χ4v) is 2.64. The molecule has 24 heavy (non-hydrogen) atoms. The molecule has 0 saturated heterocycles. The number of nitrogens with one attached hydrogen (secondary N) is 1. The minimum atomic E-state index is -0.606. The van der Waals surface area contributed by atoms with Crippen molar-refractivity contribution >= 4 is 39.9 Å². The van der Waals surface area contributed by atoms with Crippen LogP contribution in [0.2, 0.25) is 0 Å². The van der Waals surface area contributed by atoms with Crippen molar-refractivity contribution < 1.29 is 9.53 Å². The third kappa shape index (κ3) is 6.51. The maximum atomic E-state index is 12.3. The van der Waals surface area contributed by atoms with Gasteiger partial charge in [0.05, 0.1) is 12.1 Å². The quantitative estimate of drug-likeness (QED) is 0.747. The molecule has 1 atom stereocenters. The molecule has 0 heterocycles. The van der Waals surface area contributed by atoms with Crippen LogP contribution >= 0.6 is 28.3 Å². The lowest BCUT2D eigenvalue weighted by Gasteiger charge is -2.15. The normalized spacial score (nSPS) is 11.5. The van der Waals surface area contributed by atoms with Crippen molar-refractivity contribution in [3.05, 3.63) is 58.6 Å². The van der Waals surface area contributed by atoms with Crippen LogP contribution in [0.1, 0.15) is 19.4 Å². The smallest absolute Gasteiger partial charge is 0.241 e. The second-order valence-electron chi connectivity index (χ2n) is 5.63. The number of amides is 1. The SMILES string of the molecule is CC(C)Oc1cc(Br)cc(NC(=O)[C@@H](N)Cc2ccccc2)c1.Cl. The van der Waals surface area contributed by atoms with E-state index in [1.54, 1.807) is 6.07 Å². The Labute approximate surface area is 157 Å². The molecule has 2 aromatic carbocycles. The Morgan fingerprint density at radius 1 is 1.21 bits per heavy atom. The van der Waals surface area contributed by atoms with Crippen molar-refractivity contribution in [1.29, 1.82) is 0 Å². The van der Waals surface area contributed by atoms with Gasteiger partial charge in [0.1, 0.15) is 5.75 Å². The fraction of sp³-hybridized carbons (Fsp3) is 0.278. The highest BCUT2D eigenvalue weighted by molar-refractivity contribution is 9.10. The Bertz CT molecular complexity index is 665. The molecule has 0 aliphatic carbocycles. The molecule has 1 amide bonds. The van der Waals surface area contributed by atoms with E-state index in [-0.39, 0.29) is 24.4 Å². The van der Waals surface area contributed by atoms with Gasteiger partial charge in [0.15, 0.2) is 0 Å². The van der Waals surface area contributed by atoms with E-state index in [4.69, 9.17) is 10.5 Å². The Hall–Kier alpha value is -1.56. The van der Waals surface area contributed by atoms with Gasteiger partial charge in [-0.2, -0.15) is 0 Å². The van der Waals surface area contributed by atoms with Crippen molar-refractivity contribution in [2.24, 2.45) is 5.73 Å². The molecule has 130 valence electrons. The molecule has 0 fully saturated rings. The van der Waals surface area contributed by atoms with Crippen LogP contribution in [0.4, 0.5) is 5.69 Å². The lowest BCUT2D eigenvalue weighted by atomic mass is 10.1. The predicted octanol–water partition coefficient (Wildman–Crippen LogP) is 4.17. The van der Waals surface area contributed by atoms with Gasteiger partial charge >= 0.3 is 0 Å². The van der Waals surface area contributed by atoms with E-state index >= 15 is 0 Å². The van der Waals surface area contributed by atoms with Crippen molar-refractivity contribution in [3.8, 4) is 5.75 Å². The molecular weight excluding hydrogens is 392 g/mol. The summed E-state index contributed by atoms with van der Waals surface area (Å²) < 4.78 is 6.50. The first-order valence-corrected chi connectivity index (χ1v) is 8.31. The maximum Gasteiger partial charge on any atom is 0.241 e. The van der Waals surface area contributed by atoms with Crippen LogP contribution in [0.25, 0.3) is 0 Å². The van der Waals surface area contributed by atoms with Crippen LogP contribution in [0.15, 0.2) is 53.0 Å². The van der Waals surface area contributed by atoms with Crippen LogP contribution in [0.5, 0.6) is 5.75 Å². The maximum absolute atomic E-state index is 12.3. The highest BCUT2D eigenvalue weighted by atomic mass is 79.9. The molecule has 0 radical (unpaired) electrons. The first-order chi connectivity index (χ1) is 10.9. The zero-order valence-corrected chi connectivity index (χ0v) is 16.1. The first-order valence-electron chi connectivity index (χ1n) is 7.51. The van der Waals surface area contributed by atoms with Gasteiger partial charge in [-0.25, -0.2) is 0 Å². The summed E-state index contributed by atoms with van der Waals surface area (Å²) in [5.74, 6) is 0.476. The monoisotopic (exact) mass is 412 g/mol. The molecule has 0 aliphatic rings. The van der Waals surface area contributed by atoms with Crippen molar-refractivity contribution in [2.45, 2.75) is 32.4 Å². The molecule has 4 nitrogen and oxygen atoms in total. The zero-order chi connectivity index (χ0) is 16.8. The molecule has 0 bridgehead atoms. The molecule has 0 saturated carbocycles. The number of benzene rings is 2. The molecule has 0 aliphatic heterocycles. The highest BCUT2D eigenvalue weighted by Gasteiger charge is 2.15. The molecule has 2 rings (SSSR count). The number of hydrogen-bond donors (Lipinski definition) is 2. The van der Waals surface area contributed by atoms with E-state index in [0.29, 0.717) is 17.9 Å². The Morgan fingerprint density at radius 2 is 1.88 bits per heavy atom. The number of halogens is 2. The van der Waals surface area contributed by atoms with Crippen LogP contribution in [0.3, 0.4) is 0 Å². The largest absolute Gasteiger partial charge is 0.491 e. The number of carbonyl (C=O) groups is 1. The van der Waals surface area contributed by atoms with Gasteiger partial charge in [0, 0.05) is 16.2 Å². The van der Waals surface area contributed by atoms with Gasteiger partial charge in [0.25, 0.3) is 0 Å². The summed E-state index contributed by atoms with van der Waals surface area (Å²) in [6.07, 6.45) is 0.559. The van der Waals surface area contributed by atoms with E-state index in [1.165, 1.54) is 0 Å². The summed E-state index contributed by atoms with van der Waals surface area (Å²) in [7, 11) is 0. The highest BCUT2D eigenvalue weighted by Crippen LogP contribution is 2.25. The standard InChI is InChI=1S/C18H21BrN2O2.ClH/c1-12(2)23-16-10-14(19)9-15(11-16)21-18(22)17(20)8-13-6-4-3-5-7-13;/h3-7,9-12,17H,8,20H2,1-2H3,(H,21,22);1H/t17-;/m0./s1. The lowest BCUT2D eigenvalue weighted by Crippen LogP contribution is -2.37. The van der Waals surface area contributed by atoms with Crippen LogP contribution in [-0.2, 0) is 11.2 Å². The minimum Gasteiger partial charge on any atom is -0.491 e. The first kappa shape index (κ1) is 20.5. The van der Waals surface area contributed by atoms with Crippen molar-refractivity contribution in [1.82, 2.24) is 0 Å². The van der Waals surface area contributed by atoms with Gasteiger partial charge in [-0.05, 0) is 38.0 Å². The van der Waals surface area contributed by atoms with Gasteiger partial charge in [0.2, 0.25) is 5.91 Å². The predicted molar refractivity (Wildman–Crippen MR) is 104 cm³/mol. The van der Waals surface area contributed by atoms with Crippen LogP contribution < -0.4 is 15.8 Å². The summed E-state index contributed by atoms with van der Waals surface area (Å²) in [5, 5.41) is 2.84. The molecule has 0 aromatic heterocycles. The fourth-order valence-electron chi connectivity index (χ4n) is 2.17. The average Bonchev–Trinajstić information content (AvgIpc) is 2.46. The lowest BCUT2D eigenvalue weighted by molar-refractivity contribution is -0.117. The summed E-state index contributed by atoms with van der Waals surface area (Å²) in [5.41, 5.74) is 7.69. The van der Waals surface area contributed by atoms with E-state index in [9.17, 15) is 4.79 Å². The molecule has 2 aromatic rings. The third-order valence-electron chi connectivity index (χ3n) is 3.15. The Morgan fingerprint density at radius 3 is 2.50 bits per heavy atom. The summed E-state index contributed by atoms with van der Waals surface area (Å²) >= 11 is 3.42. The number of hydrogen-bond acceptors (Lipinski definition) is 3. The number of ether oxygens (including phenoxy) is 1. The van der Waals surface area contributed by atoms with Gasteiger partial charge in [-0.1, -0.05) is 46.3 Å². The number of anilines is 1. The molecule has 3 N–H and O–H groups in total. The topological polar surface area (TPSA) is 64.3 Å². The summed E-state index contributed by atoms with van der Waals surface area (Å²) in [6.45, 7) is 3.91. The van der Waals surface area contributed by atoms with Gasteiger partial charge in [-0.3, -0.25) is 4.79 Å². The zero-order valence-electron chi connectivity index (χ0n) is 13.7. The van der Waals surface area contributed by atoms with Gasteiger partial charge < -0.3 is 15.8 Å². The Balaban J connectivity index is 0.00000288. The third-order valence-corrected chi connectivity index (χ3v) is 3.60. The van der Waals surface area contributed by atoms with E-state index in [2.05, 4.69) is 21.2 Å². The minimum absolute atomic E-state index is 0. The molecule has 0 spiro atoms. The summed E-state index contributed by atoms with van der Waals surface area (Å²) in [6, 6.07) is 14.6. The van der Waals surface area contributed by atoms with E-state index in [1.807, 2.05) is 56.3 Å². The number of nitrogens with two attached hydrogens (primary N) is 1. The Kier molecular flexibility index (Phi) is 8.25. The summed E-state index contributed by atoms with van der Waals surface area (Å²) in [4.78, 5) is 12.3. The average molecular weight is 414 g/mol. The van der Waals surface area contributed by atoms with Crippen molar-refractivity contribution in [2.75, 3.05) is 5.32 Å². The number of carbonyl (C=O) groups excluding carboxylic acids is 1. The van der Waals surface area contributed by atoms with Crippen LogP contribution in [-0.4, -0.2) is 18.1 Å². The van der Waals surface area contributed by atoms with Crippen LogP contribution in [0, 0.1) is 0 Å². The van der Waals surface area contributed by atoms with E-state index in [0.717, 1.165) is 10.0 Å². The number of rotatable bonds is 6. The molecular formula is C18H22BrClN2O2. The van der Waals surface area contributed by atoms with Crippen molar-refractivity contribution in [3.63, 3.8) is 0 Å². The molecule has 6 heteroatoms. The van der Waals surface area contributed by atoms with E-state index < -0.39 is 6.04 Å². The molecule has 0 unspecified atom stereocenters. The van der Waals surface area contributed by atoms with Gasteiger partial charge in [-0.15, -0.1) is 12.4 Å². The second kappa shape index (κ2) is 9.67. The second-order valence-corrected chi connectivity index (χ2v) is 6.54.